The molecule has 4 N–H and O–H groups in total. The quantitative estimate of drug-likeness (QED) is 0.673. The second-order valence-electron chi connectivity index (χ2n) is 5.92. The molecule has 0 amide bonds. The van der Waals surface area contributed by atoms with Crippen LogP contribution in [0.3, 0.4) is 0 Å². The van der Waals surface area contributed by atoms with Crippen molar-refractivity contribution in [3.05, 3.63) is 12.2 Å². The van der Waals surface area contributed by atoms with Gasteiger partial charge in [-0.1, -0.05) is 26.2 Å². The molecule has 23 heavy (non-hydrogen) atoms. The van der Waals surface area contributed by atoms with E-state index in [1.165, 1.54) is 12.7 Å². The van der Waals surface area contributed by atoms with E-state index in [1.54, 1.807) is 4.57 Å². The van der Waals surface area contributed by atoms with Crippen LogP contribution < -0.4 is 5.73 Å². The number of nitrogens with two attached hydrogens (primary N) is 1. The summed E-state index contributed by atoms with van der Waals surface area (Å²) in [6.07, 6.45) is 3.89. The van der Waals surface area contributed by atoms with E-state index in [-0.39, 0.29) is 6.61 Å². The van der Waals surface area contributed by atoms with Crippen LogP contribution in [0.25, 0.3) is 11.2 Å². The molecule has 3 atom stereocenters. The standard InChI is InChI=1S/C15H23N5O3/c1-2-3-4-5-6-10-19-11-13(16)17-8-18-14(11)20(10)15-12(22)9(21)7-23-15/h8-9,12,15,21-22H,2-7H2,1H3,(H2,16,17,18)/t9-,12-,15-/m1/s1. The number of anilines is 1. The van der Waals surface area contributed by atoms with Crippen LogP contribution >= 0.6 is 0 Å². The van der Waals surface area contributed by atoms with E-state index < -0.39 is 18.4 Å². The van der Waals surface area contributed by atoms with Crippen LogP contribution in [0.2, 0.25) is 0 Å². The van der Waals surface area contributed by atoms with Crippen molar-refractivity contribution < 1.29 is 14.9 Å². The number of nitrogen functional groups attached to an aromatic ring is 1. The van der Waals surface area contributed by atoms with E-state index in [4.69, 9.17) is 10.5 Å². The first kappa shape index (κ1) is 16.1. The summed E-state index contributed by atoms with van der Waals surface area (Å²) in [4.78, 5) is 12.8. The summed E-state index contributed by atoms with van der Waals surface area (Å²) in [5, 5.41) is 20.0. The van der Waals surface area contributed by atoms with Gasteiger partial charge >= 0.3 is 0 Å². The fourth-order valence-corrected chi connectivity index (χ4v) is 2.94. The van der Waals surface area contributed by atoms with Gasteiger partial charge in [-0.3, -0.25) is 4.57 Å². The van der Waals surface area contributed by atoms with Gasteiger partial charge in [0.2, 0.25) is 0 Å². The van der Waals surface area contributed by atoms with Crippen molar-refractivity contribution in [1.29, 1.82) is 0 Å². The number of hydrogen-bond acceptors (Lipinski definition) is 7. The molecule has 0 saturated carbocycles. The number of fused-ring (bicyclic) bond motifs is 1. The van der Waals surface area contributed by atoms with Crippen molar-refractivity contribution in [2.75, 3.05) is 12.3 Å². The fraction of sp³-hybridized carbons (Fsp3) is 0.667. The van der Waals surface area contributed by atoms with E-state index in [2.05, 4.69) is 21.9 Å². The Balaban J connectivity index is 1.97. The molecule has 8 heteroatoms. The van der Waals surface area contributed by atoms with Gasteiger partial charge in [-0.25, -0.2) is 15.0 Å². The molecular weight excluding hydrogens is 298 g/mol. The van der Waals surface area contributed by atoms with Crippen molar-refractivity contribution in [3.63, 3.8) is 0 Å². The SMILES string of the molecule is CCCCCCc1nc2c(N)ncnc2n1[C@@H]1OC[C@@H](O)[C@H]1O. The number of aryl methyl sites for hydroxylation is 1. The van der Waals surface area contributed by atoms with Crippen molar-refractivity contribution in [2.45, 2.75) is 57.5 Å². The number of aromatic nitrogens is 4. The van der Waals surface area contributed by atoms with E-state index in [0.29, 0.717) is 17.0 Å². The van der Waals surface area contributed by atoms with Crippen LogP contribution in [-0.2, 0) is 11.2 Å². The Labute approximate surface area is 134 Å². The predicted molar refractivity (Wildman–Crippen MR) is 84.6 cm³/mol. The molecule has 0 spiro atoms. The summed E-state index contributed by atoms with van der Waals surface area (Å²) in [5.41, 5.74) is 6.93. The lowest BCUT2D eigenvalue weighted by atomic mass is 10.1. The molecule has 0 bridgehead atoms. The highest BCUT2D eigenvalue weighted by molar-refractivity contribution is 5.81. The molecule has 126 valence electrons. The largest absolute Gasteiger partial charge is 0.388 e. The Morgan fingerprint density at radius 3 is 2.83 bits per heavy atom. The second-order valence-corrected chi connectivity index (χ2v) is 5.92. The van der Waals surface area contributed by atoms with Gasteiger partial charge in [0, 0.05) is 6.42 Å². The molecule has 0 unspecified atom stereocenters. The first-order valence-electron chi connectivity index (χ1n) is 8.08. The lowest BCUT2D eigenvalue weighted by Crippen LogP contribution is -2.29. The van der Waals surface area contributed by atoms with Gasteiger partial charge in [-0.15, -0.1) is 0 Å². The molecule has 1 aliphatic heterocycles. The normalized spacial score (nSPS) is 24.6. The molecule has 1 saturated heterocycles. The number of imidazole rings is 1. The number of aliphatic hydroxyl groups is 2. The molecule has 0 aliphatic carbocycles. The molecule has 3 rings (SSSR count). The molecule has 3 heterocycles. The number of ether oxygens (including phenoxy) is 1. The first-order chi connectivity index (χ1) is 11.1. The monoisotopic (exact) mass is 321 g/mol. The van der Waals surface area contributed by atoms with E-state index >= 15 is 0 Å². The molecule has 1 aliphatic rings. The number of rotatable bonds is 6. The predicted octanol–water partition coefficient (Wildman–Crippen LogP) is 0.782. The van der Waals surface area contributed by atoms with Crippen LogP contribution in [0, 0.1) is 0 Å². The van der Waals surface area contributed by atoms with E-state index in [9.17, 15) is 10.2 Å². The van der Waals surface area contributed by atoms with Crippen molar-refractivity contribution in [3.8, 4) is 0 Å². The van der Waals surface area contributed by atoms with Gasteiger partial charge in [0.15, 0.2) is 23.2 Å². The highest BCUT2D eigenvalue weighted by Gasteiger charge is 2.38. The molecule has 8 nitrogen and oxygen atoms in total. The zero-order chi connectivity index (χ0) is 16.4. The Hall–Kier alpha value is -1.77. The maximum Gasteiger partial charge on any atom is 0.167 e. The fourth-order valence-electron chi connectivity index (χ4n) is 2.94. The molecule has 1 fully saturated rings. The molecule has 0 radical (unpaired) electrons. The Bertz CT molecular complexity index is 674. The Kier molecular flexibility index (Phi) is 4.74. The van der Waals surface area contributed by atoms with E-state index in [1.807, 2.05) is 0 Å². The lowest BCUT2D eigenvalue weighted by Gasteiger charge is -2.19. The Morgan fingerprint density at radius 1 is 1.30 bits per heavy atom. The van der Waals surface area contributed by atoms with Gasteiger partial charge in [-0.05, 0) is 6.42 Å². The summed E-state index contributed by atoms with van der Waals surface area (Å²) >= 11 is 0. The lowest BCUT2D eigenvalue weighted by molar-refractivity contribution is -0.0178. The third-order valence-corrected chi connectivity index (χ3v) is 4.21. The van der Waals surface area contributed by atoms with Crippen LogP contribution in [0.4, 0.5) is 5.82 Å². The highest BCUT2D eigenvalue weighted by atomic mass is 16.5. The van der Waals surface area contributed by atoms with Crippen LogP contribution in [0.5, 0.6) is 0 Å². The molecular formula is C15H23N5O3. The number of unbranched alkanes of at least 4 members (excludes halogenated alkanes) is 3. The van der Waals surface area contributed by atoms with Gasteiger partial charge < -0.3 is 20.7 Å². The molecule has 0 aromatic carbocycles. The first-order valence-corrected chi connectivity index (χ1v) is 8.08. The van der Waals surface area contributed by atoms with Gasteiger partial charge in [0.1, 0.15) is 24.4 Å². The van der Waals surface area contributed by atoms with Crippen LogP contribution in [0.15, 0.2) is 6.33 Å². The zero-order valence-electron chi connectivity index (χ0n) is 13.2. The second kappa shape index (κ2) is 6.77. The maximum absolute atomic E-state index is 10.2. The average molecular weight is 321 g/mol. The van der Waals surface area contributed by atoms with Crippen molar-refractivity contribution in [2.24, 2.45) is 0 Å². The van der Waals surface area contributed by atoms with Gasteiger partial charge in [-0.2, -0.15) is 0 Å². The van der Waals surface area contributed by atoms with Gasteiger partial charge in [0.25, 0.3) is 0 Å². The number of nitrogens with zero attached hydrogens (tertiary/aromatic N) is 4. The zero-order valence-corrected chi connectivity index (χ0v) is 13.2. The van der Waals surface area contributed by atoms with E-state index in [0.717, 1.165) is 31.5 Å². The third kappa shape index (κ3) is 3.01. The number of hydrogen-bond donors (Lipinski definition) is 3. The smallest absolute Gasteiger partial charge is 0.167 e. The third-order valence-electron chi connectivity index (χ3n) is 4.21. The summed E-state index contributed by atoms with van der Waals surface area (Å²) in [6.45, 7) is 2.25. The summed E-state index contributed by atoms with van der Waals surface area (Å²) in [5.74, 6) is 1.05. The molecule has 2 aromatic heterocycles. The van der Waals surface area contributed by atoms with Crippen LogP contribution in [-0.4, -0.2) is 48.5 Å². The summed E-state index contributed by atoms with van der Waals surface area (Å²) < 4.78 is 7.31. The highest BCUT2D eigenvalue weighted by Crippen LogP contribution is 2.30. The Morgan fingerprint density at radius 2 is 2.13 bits per heavy atom. The molecule has 2 aromatic rings. The van der Waals surface area contributed by atoms with Crippen molar-refractivity contribution in [1.82, 2.24) is 19.5 Å². The summed E-state index contributed by atoms with van der Waals surface area (Å²) in [6, 6.07) is 0. The minimum absolute atomic E-state index is 0.0847. The van der Waals surface area contributed by atoms with Crippen LogP contribution in [0.1, 0.15) is 44.7 Å². The minimum Gasteiger partial charge on any atom is -0.388 e. The maximum atomic E-state index is 10.2. The minimum atomic E-state index is -1.02. The van der Waals surface area contributed by atoms with Crippen molar-refractivity contribution >= 4 is 17.0 Å². The number of aliphatic hydroxyl groups excluding tert-OH is 2. The van der Waals surface area contributed by atoms with Gasteiger partial charge in [0.05, 0.1) is 6.61 Å². The average Bonchev–Trinajstić information content (AvgIpc) is 3.06. The topological polar surface area (TPSA) is 119 Å². The summed E-state index contributed by atoms with van der Waals surface area (Å²) in [7, 11) is 0.